The molecule has 0 bridgehead atoms. The number of thiazole rings is 1. The average Bonchev–Trinajstić information content (AvgIpc) is 3.18. The fourth-order valence-electron chi connectivity index (χ4n) is 3.31. The highest BCUT2D eigenvalue weighted by Gasteiger charge is 2.24. The average molecular weight is 338 g/mol. The summed E-state index contributed by atoms with van der Waals surface area (Å²) in [5.74, 6) is -0.0202. The monoisotopic (exact) mass is 338 g/mol. The summed E-state index contributed by atoms with van der Waals surface area (Å²) in [5, 5.41) is 14.2. The predicted octanol–water partition coefficient (Wildman–Crippen LogP) is 3.50. The molecule has 1 aliphatic rings. The molecule has 2 rings (SSSR count). The first-order valence-corrected chi connectivity index (χ1v) is 9.43. The van der Waals surface area contributed by atoms with Gasteiger partial charge in [0.05, 0.1) is 5.01 Å². The zero-order valence-corrected chi connectivity index (χ0v) is 14.5. The molecule has 1 amide bonds. The lowest BCUT2D eigenvalue weighted by molar-refractivity contribution is -0.125. The molecule has 1 aromatic rings. The zero-order chi connectivity index (χ0) is 16.7. The Morgan fingerprint density at radius 3 is 2.78 bits per heavy atom. The number of aromatic nitrogens is 1. The molecule has 1 aliphatic carbocycles. The van der Waals surface area contributed by atoms with Gasteiger partial charge >= 0.3 is 5.97 Å². The maximum Gasteiger partial charge on any atom is 0.355 e. The molecule has 1 fully saturated rings. The second-order valence-corrected chi connectivity index (χ2v) is 7.29. The highest BCUT2D eigenvalue weighted by atomic mass is 32.1. The van der Waals surface area contributed by atoms with Gasteiger partial charge in [-0.1, -0.05) is 39.0 Å². The first-order chi connectivity index (χ1) is 11.1. The summed E-state index contributed by atoms with van der Waals surface area (Å²) in [5.41, 5.74) is 0.0846. The Hall–Kier alpha value is -1.43. The van der Waals surface area contributed by atoms with Gasteiger partial charge in [0.15, 0.2) is 5.69 Å². The summed E-state index contributed by atoms with van der Waals surface area (Å²) in [4.78, 5) is 27.2. The Labute approximate surface area is 141 Å². The minimum atomic E-state index is -1.00. The van der Waals surface area contributed by atoms with Crippen molar-refractivity contribution in [1.29, 1.82) is 0 Å². The molecule has 1 heterocycles. The van der Waals surface area contributed by atoms with Crippen LogP contribution in [0.4, 0.5) is 0 Å². The van der Waals surface area contributed by atoms with Crippen molar-refractivity contribution in [3.8, 4) is 0 Å². The Morgan fingerprint density at radius 1 is 1.43 bits per heavy atom. The van der Waals surface area contributed by atoms with Crippen LogP contribution < -0.4 is 5.32 Å². The van der Waals surface area contributed by atoms with Crippen LogP contribution in [0.1, 0.15) is 67.4 Å². The van der Waals surface area contributed by atoms with Crippen LogP contribution in [-0.2, 0) is 11.2 Å². The number of amides is 1. The van der Waals surface area contributed by atoms with Crippen molar-refractivity contribution >= 4 is 23.2 Å². The smallest absolute Gasteiger partial charge is 0.355 e. The molecule has 5 nitrogen and oxygen atoms in total. The van der Waals surface area contributed by atoms with Crippen LogP contribution in [0, 0.1) is 11.8 Å². The maximum atomic E-state index is 12.4. The molecule has 23 heavy (non-hydrogen) atoms. The number of carbonyl (C=O) groups is 2. The fourth-order valence-corrected chi connectivity index (χ4v) is 4.09. The Morgan fingerprint density at radius 2 is 2.17 bits per heavy atom. The summed E-state index contributed by atoms with van der Waals surface area (Å²) >= 11 is 1.33. The Balaban J connectivity index is 1.77. The van der Waals surface area contributed by atoms with Gasteiger partial charge in [-0.25, -0.2) is 9.78 Å². The minimum absolute atomic E-state index is 0.0846. The summed E-state index contributed by atoms with van der Waals surface area (Å²) in [6.07, 6.45) is 8.73. The molecule has 1 aromatic heterocycles. The quantitative estimate of drug-likeness (QED) is 0.722. The van der Waals surface area contributed by atoms with Gasteiger partial charge in [-0.15, -0.1) is 11.3 Å². The number of aromatic carboxylic acids is 1. The molecular formula is C17H26N2O3S. The van der Waals surface area contributed by atoms with Gasteiger partial charge < -0.3 is 10.4 Å². The third-order valence-electron chi connectivity index (χ3n) is 4.51. The Bertz CT molecular complexity index is 524. The van der Waals surface area contributed by atoms with Gasteiger partial charge in [0.2, 0.25) is 5.91 Å². The minimum Gasteiger partial charge on any atom is -0.476 e. The van der Waals surface area contributed by atoms with Gasteiger partial charge in [0, 0.05) is 24.3 Å². The van der Waals surface area contributed by atoms with Gasteiger partial charge in [0.1, 0.15) is 0 Å². The van der Waals surface area contributed by atoms with E-state index >= 15 is 0 Å². The lowest BCUT2D eigenvalue weighted by atomic mass is 9.89. The number of nitrogens with zero attached hydrogens (tertiary/aromatic N) is 1. The topological polar surface area (TPSA) is 79.3 Å². The van der Waals surface area contributed by atoms with Crippen molar-refractivity contribution < 1.29 is 14.7 Å². The molecule has 1 unspecified atom stereocenters. The fraction of sp³-hybridized carbons (Fsp3) is 0.706. The zero-order valence-electron chi connectivity index (χ0n) is 13.7. The van der Waals surface area contributed by atoms with Crippen molar-refractivity contribution in [2.45, 2.75) is 58.3 Å². The molecule has 0 aromatic carbocycles. The van der Waals surface area contributed by atoms with Crippen LogP contribution in [0.25, 0.3) is 0 Å². The molecule has 6 heteroatoms. The van der Waals surface area contributed by atoms with E-state index in [1.165, 1.54) is 37.0 Å². The van der Waals surface area contributed by atoms with Crippen molar-refractivity contribution in [2.24, 2.45) is 11.8 Å². The molecule has 0 spiro atoms. The number of carboxylic acids is 1. The van der Waals surface area contributed by atoms with E-state index in [2.05, 4.69) is 17.2 Å². The van der Waals surface area contributed by atoms with Crippen LogP contribution in [0.5, 0.6) is 0 Å². The van der Waals surface area contributed by atoms with E-state index in [0.717, 1.165) is 30.2 Å². The van der Waals surface area contributed by atoms with Crippen LogP contribution in [0.3, 0.4) is 0 Å². The second kappa shape index (κ2) is 9.01. The first kappa shape index (κ1) is 17.9. The second-order valence-electron chi connectivity index (χ2n) is 6.34. The summed E-state index contributed by atoms with van der Waals surface area (Å²) in [6.45, 7) is 2.65. The van der Waals surface area contributed by atoms with Crippen LogP contribution >= 0.6 is 11.3 Å². The van der Waals surface area contributed by atoms with E-state index in [1.54, 1.807) is 5.38 Å². The molecule has 1 saturated carbocycles. The Kier molecular flexibility index (Phi) is 7.02. The van der Waals surface area contributed by atoms with Crippen LogP contribution in [0.15, 0.2) is 5.38 Å². The highest BCUT2D eigenvalue weighted by Crippen LogP contribution is 2.31. The van der Waals surface area contributed by atoms with Gasteiger partial charge in [-0.2, -0.15) is 0 Å². The third kappa shape index (κ3) is 5.61. The lowest BCUT2D eigenvalue weighted by Crippen LogP contribution is -2.33. The van der Waals surface area contributed by atoms with E-state index in [1.807, 2.05) is 0 Å². The predicted molar refractivity (Wildman–Crippen MR) is 90.8 cm³/mol. The first-order valence-electron chi connectivity index (χ1n) is 8.55. The molecule has 1 atom stereocenters. The normalized spacial score (nSPS) is 16.4. The van der Waals surface area contributed by atoms with Crippen LogP contribution in [-0.4, -0.2) is 28.5 Å². The van der Waals surface area contributed by atoms with Crippen molar-refractivity contribution in [1.82, 2.24) is 10.3 Å². The summed E-state index contributed by atoms with van der Waals surface area (Å²) in [7, 11) is 0. The number of rotatable bonds is 9. The lowest BCUT2D eigenvalue weighted by Gasteiger charge is -2.19. The highest BCUT2D eigenvalue weighted by molar-refractivity contribution is 7.09. The molecule has 2 N–H and O–H groups in total. The van der Waals surface area contributed by atoms with Crippen LogP contribution in [0.2, 0.25) is 0 Å². The maximum absolute atomic E-state index is 12.4. The summed E-state index contributed by atoms with van der Waals surface area (Å²) < 4.78 is 0. The molecule has 0 aliphatic heterocycles. The van der Waals surface area contributed by atoms with Crippen molar-refractivity contribution in [3.05, 3.63) is 16.1 Å². The van der Waals surface area contributed by atoms with E-state index in [0.29, 0.717) is 13.0 Å². The number of nitrogens with one attached hydrogen (secondary N) is 1. The molecule has 0 radical (unpaired) electrons. The van der Waals surface area contributed by atoms with E-state index in [9.17, 15) is 9.59 Å². The molecule has 128 valence electrons. The standard InChI is InChI=1S/C17H26N2O3S/c1-2-5-13(10-12-6-3-4-7-12)16(20)18-9-8-15-19-14(11-23-15)17(21)22/h11-13H,2-10H2,1H3,(H,18,20)(H,21,22). The molecule has 0 saturated heterocycles. The number of carboxylic acid groups (broad SMARTS) is 1. The SMILES string of the molecule is CCCC(CC1CCCC1)C(=O)NCCc1nc(C(=O)O)cs1. The summed E-state index contributed by atoms with van der Waals surface area (Å²) in [6, 6.07) is 0. The van der Waals surface area contributed by atoms with Gasteiger partial charge in [-0.05, 0) is 18.8 Å². The number of carbonyl (C=O) groups excluding carboxylic acids is 1. The third-order valence-corrected chi connectivity index (χ3v) is 5.42. The van der Waals surface area contributed by atoms with E-state index in [-0.39, 0.29) is 17.5 Å². The van der Waals surface area contributed by atoms with E-state index < -0.39 is 5.97 Å². The van der Waals surface area contributed by atoms with Crippen molar-refractivity contribution in [3.63, 3.8) is 0 Å². The number of hydrogen-bond acceptors (Lipinski definition) is 4. The van der Waals surface area contributed by atoms with Crippen molar-refractivity contribution in [2.75, 3.05) is 6.54 Å². The van der Waals surface area contributed by atoms with Gasteiger partial charge in [0.25, 0.3) is 0 Å². The van der Waals surface area contributed by atoms with E-state index in [4.69, 9.17) is 5.11 Å². The number of hydrogen-bond donors (Lipinski definition) is 2. The largest absolute Gasteiger partial charge is 0.476 e. The molecular weight excluding hydrogens is 312 g/mol. The van der Waals surface area contributed by atoms with Gasteiger partial charge in [-0.3, -0.25) is 4.79 Å².